The normalized spacial score (nSPS) is 14.6. The number of anilines is 1. The largest absolute Gasteiger partial charge is 0.416 e. The van der Waals surface area contributed by atoms with E-state index in [9.17, 15) is 22.8 Å². The number of alkyl halides is 3. The van der Waals surface area contributed by atoms with Crippen LogP contribution in [-0.4, -0.2) is 31.8 Å². The maximum atomic E-state index is 12.7. The van der Waals surface area contributed by atoms with Gasteiger partial charge in [-0.15, -0.1) is 0 Å². The first kappa shape index (κ1) is 15.2. The summed E-state index contributed by atoms with van der Waals surface area (Å²) in [7, 11) is 1.70. The molecule has 0 aromatic heterocycles. The van der Waals surface area contributed by atoms with E-state index in [0.717, 1.165) is 23.1 Å². The SMILES string of the molecule is C=C(CNC)CN1C(=O)C(=O)c2cc(C(F)(F)F)ccc21. The van der Waals surface area contributed by atoms with Gasteiger partial charge in [-0.1, -0.05) is 6.58 Å². The number of carbonyl (C=O) groups is 2. The number of fused-ring (bicyclic) bond motifs is 1. The highest BCUT2D eigenvalue weighted by atomic mass is 19.4. The topological polar surface area (TPSA) is 49.4 Å². The van der Waals surface area contributed by atoms with Crippen LogP contribution in [0.3, 0.4) is 0 Å². The number of ketones is 1. The van der Waals surface area contributed by atoms with E-state index in [1.165, 1.54) is 0 Å². The van der Waals surface area contributed by atoms with Gasteiger partial charge in [-0.05, 0) is 30.8 Å². The van der Waals surface area contributed by atoms with Crippen molar-refractivity contribution >= 4 is 17.4 Å². The monoisotopic (exact) mass is 298 g/mol. The summed E-state index contributed by atoms with van der Waals surface area (Å²) in [5, 5.41) is 2.85. The van der Waals surface area contributed by atoms with Gasteiger partial charge in [0.15, 0.2) is 0 Å². The molecule has 112 valence electrons. The van der Waals surface area contributed by atoms with Gasteiger partial charge in [-0.2, -0.15) is 13.2 Å². The van der Waals surface area contributed by atoms with E-state index < -0.39 is 23.4 Å². The zero-order valence-corrected chi connectivity index (χ0v) is 11.3. The molecule has 4 nitrogen and oxygen atoms in total. The number of Topliss-reactive ketones (excluding diaryl/α,β-unsaturated/α-hetero) is 1. The number of hydrogen-bond acceptors (Lipinski definition) is 3. The Hall–Kier alpha value is -2.15. The van der Waals surface area contributed by atoms with Gasteiger partial charge in [-0.3, -0.25) is 9.59 Å². The molecule has 1 aromatic carbocycles. The summed E-state index contributed by atoms with van der Waals surface area (Å²) < 4.78 is 38.0. The number of benzene rings is 1. The lowest BCUT2D eigenvalue weighted by atomic mass is 10.1. The van der Waals surface area contributed by atoms with Gasteiger partial charge >= 0.3 is 6.18 Å². The van der Waals surface area contributed by atoms with E-state index in [0.29, 0.717) is 12.1 Å². The lowest BCUT2D eigenvalue weighted by Gasteiger charge is -2.18. The van der Waals surface area contributed by atoms with E-state index in [-0.39, 0.29) is 17.8 Å². The summed E-state index contributed by atoms with van der Waals surface area (Å²) >= 11 is 0. The predicted molar refractivity (Wildman–Crippen MR) is 71.2 cm³/mol. The molecule has 7 heteroatoms. The van der Waals surface area contributed by atoms with Crippen LogP contribution >= 0.6 is 0 Å². The van der Waals surface area contributed by atoms with Gasteiger partial charge in [0.05, 0.1) is 16.8 Å². The van der Waals surface area contributed by atoms with Gasteiger partial charge < -0.3 is 10.2 Å². The Balaban J connectivity index is 2.37. The Labute approximate surface area is 119 Å². The first-order valence-corrected chi connectivity index (χ1v) is 6.14. The molecule has 0 saturated carbocycles. The average Bonchev–Trinajstić information content (AvgIpc) is 2.63. The fraction of sp³-hybridized carbons (Fsp3) is 0.286. The van der Waals surface area contributed by atoms with E-state index in [4.69, 9.17) is 0 Å². The van der Waals surface area contributed by atoms with E-state index in [1.54, 1.807) is 7.05 Å². The van der Waals surface area contributed by atoms with Gasteiger partial charge in [0.1, 0.15) is 0 Å². The lowest BCUT2D eigenvalue weighted by molar-refractivity contribution is -0.137. The first-order chi connectivity index (χ1) is 9.75. The maximum absolute atomic E-state index is 12.7. The van der Waals surface area contributed by atoms with Crippen LogP contribution < -0.4 is 10.2 Å². The second-order valence-corrected chi connectivity index (χ2v) is 4.73. The molecule has 1 aliphatic rings. The summed E-state index contributed by atoms with van der Waals surface area (Å²) in [5.74, 6) is -1.75. The molecule has 0 fully saturated rings. The van der Waals surface area contributed by atoms with Crippen LogP contribution in [0.1, 0.15) is 15.9 Å². The van der Waals surface area contributed by atoms with Crippen molar-refractivity contribution in [1.29, 1.82) is 0 Å². The third-order valence-corrected chi connectivity index (χ3v) is 3.11. The molecule has 0 aliphatic carbocycles. The molecule has 1 aliphatic heterocycles. The molecule has 1 aromatic rings. The van der Waals surface area contributed by atoms with Crippen molar-refractivity contribution in [3.63, 3.8) is 0 Å². The van der Waals surface area contributed by atoms with Gasteiger partial charge in [0.2, 0.25) is 0 Å². The van der Waals surface area contributed by atoms with Gasteiger partial charge in [0, 0.05) is 13.1 Å². The molecule has 0 unspecified atom stereocenters. The van der Waals surface area contributed by atoms with Crippen molar-refractivity contribution < 1.29 is 22.8 Å². The van der Waals surface area contributed by atoms with Crippen molar-refractivity contribution in [3.05, 3.63) is 41.5 Å². The molecule has 1 amide bonds. The van der Waals surface area contributed by atoms with Crippen molar-refractivity contribution in [2.45, 2.75) is 6.18 Å². The fourth-order valence-corrected chi connectivity index (χ4v) is 2.16. The number of rotatable bonds is 4. The molecule has 2 rings (SSSR count). The standard InChI is InChI=1S/C14H13F3N2O2/c1-8(6-18-2)7-19-11-4-3-9(14(15,16)17)5-10(11)12(20)13(19)21/h3-5,18H,1,6-7H2,2H3. The molecule has 0 spiro atoms. The van der Waals surface area contributed by atoms with Crippen LogP contribution in [0.2, 0.25) is 0 Å². The Morgan fingerprint density at radius 2 is 2.00 bits per heavy atom. The molecule has 1 heterocycles. The van der Waals surface area contributed by atoms with E-state index in [2.05, 4.69) is 11.9 Å². The zero-order chi connectivity index (χ0) is 15.8. The molecule has 1 N–H and O–H groups in total. The highest BCUT2D eigenvalue weighted by Crippen LogP contribution is 2.36. The molecule has 21 heavy (non-hydrogen) atoms. The van der Waals surface area contributed by atoms with Crippen LogP contribution in [-0.2, 0) is 11.0 Å². The summed E-state index contributed by atoms with van der Waals surface area (Å²) in [4.78, 5) is 24.9. The van der Waals surface area contributed by atoms with Crippen molar-refractivity contribution in [1.82, 2.24) is 5.32 Å². The van der Waals surface area contributed by atoms with Crippen molar-refractivity contribution in [2.75, 3.05) is 25.0 Å². The smallest absolute Gasteiger partial charge is 0.316 e. The lowest BCUT2D eigenvalue weighted by Crippen LogP contribution is -2.33. The van der Waals surface area contributed by atoms with Crippen LogP contribution in [0.15, 0.2) is 30.4 Å². The summed E-state index contributed by atoms with van der Waals surface area (Å²) in [6.07, 6.45) is -4.55. The molecule has 0 atom stereocenters. The van der Waals surface area contributed by atoms with Crippen LogP contribution in [0.5, 0.6) is 0 Å². The molecular weight excluding hydrogens is 285 g/mol. The van der Waals surface area contributed by atoms with Crippen LogP contribution in [0.25, 0.3) is 0 Å². The quantitative estimate of drug-likeness (QED) is 0.683. The predicted octanol–water partition coefficient (Wildman–Crippen LogP) is 2.01. The summed E-state index contributed by atoms with van der Waals surface area (Å²) in [6.45, 7) is 4.27. The minimum absolute atomic E-state index is 0.0871. The Morgan fingerprint density at radius 1 is 1.33 bits per heavy atom. The molecule has 0 radical (unpaired) electrons. The fourth-order valence-electron chi connectivity index (χ4n) is 2.16. The number of hydrogen-bond donors (Lipinski definition) is 1. The molecular formula is C14H13F3N2O2. The Bertz CT molecular complexity index is 623. The minimum Gasteiger partial charge on any atom is -0.316 e. The zero-order valence-electron chi connectivity index (χ0n) is 11.3. The number of likely N-dealkylation sites (N-methyl/N-ethyl adjacent to an activating group) is 1. The number of carbonyl (C=O) groups excluding carboxylic acids is 2. The van der Waals surface area contributed by atoms with Crippen LogP contribution in [0.4, 0.5) is 18.9 Å². The third kappa shape index (κ3) is 2.82. The van der Waals surface area contributed by atoms with Crippen molar-refractivity contribution in [3.8, 4) is 0 Å². The highest BCUT2D eigenvalue weighted by Gasteiger charge is 2.39. The third-order valence-electron chi connectivity index (χ3n) is 3.11. The molecule has 0 bridgehead atoms. The first-order valence-electron chi connectivity index (χ1n) is 6.14. The number of nitrogens with zero attached hydrogens (tertiary/aromatic N) is 1. The summed E-state index contributed by atoms with van der Waals surface area (Å²) in [6, 6.07) is 2.72. The van der Waals surface area contributed by atoms with E-state index in [1.807, 2.05) is 0 Å². The number of halogens is 3. The Kier molecular flexibility index (Phi) is 3.87. The van der Waals surface area contributed by atoms with E-state index >= 15 is 0 Å². The Morgan fingerprint density at radius 3 is 2.57 bits per heavy atom. The maximum Gasteiger partial charge on any atom is 0.416 e. The number of amides is 1. The average molecular weight is 298 g/mol. The summed E-state index contributed by atoms with van der Waals surface area (Å²) in [5.41, 5.74) is -0.327. The second-order valence-electron chi connectivity index (χ2n) is 4.73. The van der Waals surface area contributed by atoms with Crippen LogP contribution in [0, 0.1) is 0 Å². The second kappa shape index (κ2) is 5.33. The highest BCUT2D eigenvalue weighted by molar-refractivity contribution is 6.52. The molecule has 0 saturated heterocycles. The van der Waals surface area contributed by atoms with Gasteiger partial charge in [0.25, 0.3) is 11.7 Å². The number of nitrogens with one attached hydrogen (secondary N) is 1. The minimum atomic E-state index is -4.55. The van der Waals surface area contributed by atoms with Crippen molar-refractivity contribution in [2.24, 2.45) is 0 Å². The van der Waals surface area contributed by atoms with Gasteiger partial charge in [-0.25, -0.2) is 0 Å².